The van der Waals surface area contributed by atoms with Crippen molar-refractivity contribution in [3.63, 3.8) is 0 Å². The minimum atomic E-state index is 0.532. The van der Waals surface area contributed by atoms with Gasteiger partial charge in [-0.05, 0) is 60.9 Å². The van der Waals surface area contributed by atoms with Gasteiger partial charge in [-0.1, -0.05) is 27.7 Å². The molecular formula is C16H31NS. The van der Waals surface area contributed by atoms with E-state index in [-0.39, 0.29) is 0 Å². The number of hydrogen-bond acceptors (Lipinski definition) is 2. The molecule has 106 valence electrons. The fourth-order valence-corrected chi connectivity index (χ4v) is 5.10. The van der Waals surface area contributed by atoms with Crippen LogP contribution in [0.3, 0.4) is 0 Å². The maximum absolute atomic E-state index is 3.95. The van der Waals surface area contributed by atoms with Crippen molar-refractivity contribution >= 4 is 11.8 Å². The maximum atomic E-state index is 3.95. The first-order valence-electron chi connectivity index (χ1n) is 7.75. The van der Waals surface area contributed by atoms with Crippen molar-refractivity contribution in [2.24, 2.45) is 16.7 Å². The standard InChI is InChI=1S/C16H31NS/c1-6-18-10-8-12(2)17-14-11-13-7-9-16(14,5)15(13,3)4/h12-14,17H,6-11H2,1-5H3. The summed E-state index contributed by atoms with van der Waals surface area (Å²) >= 11 is 2.07. The van der Waals surface area contributed by atoms with Crippen LogP contribution in [0.5, 0.6) is 0 Å². The fourth-order valence-electron chi connectivity index (χ4n) is 4.29. The SMILES string of the molecule is CCSCCC(C)NC1CC2CCC1(C)C2(C)C. The van der Waals surface area contributed by atoms with Gasteiger partial charge >= 0.3 is 0 Å². The largest absolute Gasteiger partial charge is 0.311 e. The molecule has 2 fully saturated rings. The Kier molecular flexibility index (Phi) is 4.38. The fraction of sp³-hybridized carbons (Fsp3) is 1.00. The summed E-state index contributed by atoms with van der Waals surface area (Å²) in [7, 11) is 0. The van der Waals surface area contributed by atoms with Crippen molar-refractivity contribution in [3.05, 3.63) is 0 Å². The van der Waals surface area contributed by atoms with E-state index in [1.165, 1.54) is 37.2 Å². The number of thioether (sulfide) groups is 1. The van der Waals surface area contributed by atoms with E-state index in [0.29, 0.717) is 16.9 Å². The smallest absolute Gasteiger partial charge is 0.0131 e. The molecule has 1 N–H and O–H groups in total. The van der Waals surface area contributed by atoms with Crippen LogP contribution in [-0.4, -0.2) is 23.6 Å². The summed E-state index contributed by atoms with van der Waals surface area (Å²) in [5.41, 5.74) is 1.08. The highest BCUT2D eigenvalue weighted by atomic mass is 32.2. The third-order valence-electron chi connectivity index (χ3n) is 6.18. The number of nitrogens with one attached hydrogen (secondary N) is 1. The normalized spacial score (nSPS) is 39.2. The molecule has 0 heterocycles. The molecule has 0 aromatic rings. The third kappa shape index (κ3) is 2.35. The van der Waals surface area contributed by atoms with E-state index in [9.17, 15) is 0 Å². The van der Waals surface area contributed by atoms with Gasteiger partial charge in [-0.3, -0.25) is 0 Å². The monoisotopic (exact) mass is 269 g/mol. The summed E-state index contributed by atoms with van der Waals surface area (Å²) in [6.45, 7) is 12.2. The highest BCUT2D eigenvalue weighted by Crippen LogP contribution is 2.65. The Morgan fingerprint density at radius 3 is 2.56 bits per heavy atom. The molecule has 2 aliphatic carbocycles. The van der Waals surface area contributed by atoms with Crippen LogP contribution in [0.15, 0.2) is 0 Å². The van der Waals surface area contributed by atoms with E-state index in [1.807, 2.05) is 0 Å². The van der Waals surface area contributed by atoms with Crippen LogP contribution in [0.4, 0.5) is 0 Å². The number of hydrogen-bond donors (Lipinski definition) is 1. The van der Waals surface area contributed by atoms with Gasteiger partial charge in [0, 0.05) is 12.1 Å². The molecule has 0 aromatic carbocycles. The first-order chi connectivity index (χ1) is 8.41. The number of rotatable bonds is 6. The van der Waals surface area contributed by atoms with Crippen molar-refractivity contribution in [3.8, 4) is 0 Å². The summed E-state index contributed by atoms with van der Waals surface area (Å²) in [5, 5.41) is 3.95. The maximum Gasteiger partial charge on any atom is 0.0131 e. The Labute approximate surface area is 118 Å². The van der Waals surface area contributed by atoms with Gasteiger partial charge in [-0.15, -0.1) is 0 Å². The van der Waals surface area contributed by atoms with Crippen molar-refractivity contribution < 1.29 is 0 Å². The Bertz CT molecular complexity index is 289. The van der Waals surface area contributed by atoms with Crippen LogP contribution >= 0.6 is 11.8 Å². The topological polar surface area (TPSA) is 12.0 Å². The molecule has 2 bridgehead atoms. The molecule has 2 rings (SSSR count). The Balaban J connectivity index is 1.88. The first kappa shape index (κ1) is 14.7. The van der Waals surface area contributed by atoms with Crippen LogP contribution in [0.1, 0.15) is 60.3 Å². The molecule has 2 saturated carbocycles. The second-order valence-electron chi connectivity index (χ2n) is 7.22. The third-order valence-corrected chi connectivity index (χ3v) is 7.11. The molecule has 0 radical (unpaired) electrons. The van der Waals surface area contributed by atoms with E-state index < -0.39 is 0 Å². The lowest BCUT2D eigenvalue weighted by Gasteiger charge is -2.40. The highest BCUT2D eigenvalue weighted by molar-refractivity contribution is 7.99. The van der Waals surface area contributed by atoms with Crippen LogP contribution in [-0.2, 0) is 0 Å². The van der Waals surface area contributed by atoms with Crippen molar-refractivity contribution in [2.75, 3.05) is 11.5 Å². The second kappa shape index (κ2) is 5.36. The van der Waals surface area contributed by atoms with E-state index in [1.54, 1.807) is 0 Å². The van der Waals surface area contributed by atoms with E-state index in [2.05, 4.69) is 51.7 Å². The van der Waals surface area contributed by atoms with Gasteiger partial charge in [0.15, 0.2) is 0 Å². The van der Waals surface area contributed by atoms with E-state index in [4.69, 9.17) is 0 Å². The van der Waals surface area contributed by atoms with Crippen LogP contribution in [0.25, 0.3) is 0 Å². The lowest BCUT2D eigenvalue weighted by Crippen LogP contribution is -2.47. The zero-order valence-corrected chi connectivity index (χ0v) is 13.7. The summed E-state index contributed by atoms with van der Waals surface area (Å²) < 4.78 is 0. The van der Waals surface area contributed by atoms with Crippen molar-refractivity contribution in [1.29, 1.82) is 0 Å². The molecule has 2 heteroatoms. The van der Waals surface area contributed by atoms with Gasteiger partial charge in [0.05, 0.1) is 0 Å². The molecule has 0 amide bonds. The zero-order chi connectivity index (χ0) is 13.4. The van der Waals surface area contributed by atoms with Gasteiger partial charge in [-0.2, -0.15) is 11.8 Å². The summed E-state index contributed by atoms with van der Waals surface area (Å²) in [6.07, 6.45) is 5.62. The Hall–Kier alpha value is 0.310. The molecule has 18 heavy (non-hydrogen) atoms. The zero-order valence-electron chi connectivity index (χ0n) is 12.9. The van der Waals surface area contributed by atoms with Gasteiger partial charge in [0.25, 0.3) is 0 Å². The molecule has 0 aliphatic heterocycles. The lowest BCUT2D eigenvalue weighted by molar-refractivity contribution is 0.116. The van der Waals surface area contributed by atoms with E-state index in [0.717, 1.165) is 12.0 Å². The summed E-state index contributed by atoms with van der Waals surface area (Å²) in [5.74, 6) is 3.52. The minimum absolute atomic E-state index is 0.532. The average Bonchev–Trinajstić information content (AvgIpc) is 2.62. The Morgan fingerprint density at radius 1 is 1.33 bits per heavy atom. The molecule has 0 spiro atoms. The minimum Gasteiger partial charge on any atom is -0.311 e. The molecular weight excluding hydrogens is 238 g/mol. The van der Waals surface area contributed by atoms with Crippen LogP contribution in [0.2, 0.25) is 0 Å². The lowest BCUT2D eigenvalue weighted by atomic mass is 9.69. The van der Waals surface area contributed by atoms with Gasteiger partial charge in [-0.25, -0.2) is 0 Å². The van der Waals surface area contributed by atoms with E-state index >= 15 is 0 Å². The molecule has 0 saturated heterocycles. The average molecular weight is 269 g/mol. The Morgan fingerprint density at radius 2 is 2.06 bits per heavy atom. The number of fused-ring (bicyclic) bond motifs is 2. The quantitative estimate of drug-likeness (QED) is 0.721. The highest BCUT2D eigenvalue weighted by Gasteiger charge is 2.61. The molecule has 2 aliphatic rings. The predicted molar refractivity (Wildman–Crippen MR) is 83.2 cm³/mol. The first-order valence-corrected chi connectivity index (χ1v) is 8.91. The summed E-state index contributed by atoms with van der Waals surface area (Å²) in [6, 6.07) is 1.44. The molecule has 4 unspecified atom stereocenters. The van der Waals surface area contributed by atoms with Gasteiger partial charge in [0.1, 0.15) is 0 Å². The second-order valence-corrected chi connectivity index (χ2v) is 8.61. The predicted octanol–water partition coefficient (Wildman–Crippen LogP) is 4.32. The van der Waals surface area contributed by atoms with Crippen LogP contribution < -0.4 is 5.32 Å². The van der Waals surface area contributed by atoms with Crippen LogP contribution in [0, 0.1) is 16.7 Å². The van der Waals surface area contributed by atoms with Gasteiger partial charge in [0.2, 0.25) is 0 Å². The van der Waals surface area contributed by atoms with Crippen molar-refractivity contribution in [1.82, 2.24) is 5.32 Å². The van der Waals surface area contributed by atoms with Gasteiger partial charge < -0.3 is 5.32 Å². The molecule has 0 aromatic heterocycles. The van der Waals surface area contributed by atoms with Crippen molar-refractivity contribution in [2.45, 2.75) is 72.4 Å². The molecule has 1 nitrogen and oxygen atoms in total. The summed E-state index contributed by atoms with van der Waals surface area (Å²) in [4.78, 5) is 0. The molecule has 4 atom stereocenters.